The van der Waals surface area contributed by atoms with Crippen molar-refractivity contribution in [2.24, 2.45) is 12.9 Å². The number of nitrogens with zero attached hydrogens (tertiary/aromatic N) is 3. The molecular formula is C12H15BrClN5O2. The van der Waals surface area contributed by atoms with Crippen LogP contribution in [0.4, 0.5) is 0 Å². The Morgan fingerprint density at radius 2 is 2.10 bits per heavy atom. The van der Waals surface area contributed by atoms with Gasteiger partial charge in [-0.15, -0.1) is 5.10 Å². The lowest BCUT2D eigenvalue weighted by atomic mass is 10.0. The summed E-state index contributed by atoms with van der Waals surface area (Å²) in [4.78, 5) is 0. The standard InChI is InChI=1S/C12H15BrClN5O2/c1-19-10(12(13)17-18-19)9(16-15)6-4-7(14)11(21-3)8(5-6)20-2/h4-5,9,16H,15H2,1-3H3. The number of hydrogen-bond acceptors (Lipinski definition) is 6. The predicted octanol–water partition coefficient (Wildman–Crippen LogP) is 1.80. The first-order chi connectivity index (χ1) is 10.0. The Morgan fingerprint density at radius 1 is 1.38 bits per heavy atom. The lowest BCUT2D eigenvalue weighted by Crippen LogP contribution is -2.30. The number of methoxy groups -OCH3 is 2. The van der Waals surface area contributed by atoms with Crippen molar-refractivity contribution in [2.75, 3.05) is 14.2 Å². The van der Waals surface area contributed by atoms with Gasteiger partial charge < -0.3 is 9.47 Å². The summed E-state index contributed by atoms with van der Waals surface area (Å²) >= 11 is 9.59. The molecule has 21 heavy (non-hydrogen) atoms. The van der Waals surface area contributed by atoms with Crippen molar-refractivity contribution in [1.29, 1.82) is 0 Å². The van der Waals surface area contributed by atoms with E-state index in [1.54, 1.807) is 31.0 Å². The maximum absolute atomic E-state index is 6.23. The van der Waals surface area contributed by atoms with Crippen LogP contribution >= 0.6 is 27.5 Å². The quantitative estimate of drug-likeness (QED) is 0.611. The molecule has 0 saturated carbocycles. The molecule has 1 atom stereocenters. The van der Waals surface area contributed by atoms with Crippen molar-refractivity contribution >= 4 is 27.5 Å². The summed E-state index contributed by atoms with van der Waals surface area (Å²) in [5.41, 5.74) is 4.29. The number of nitrogens with one attached hydrogen (secondary N) is 1. The summed E-state index contributed by atoms with van der Waals surface area (Å²) in [5.74, 6) is 6.68. The van der Waals surface area contributed by atoms with Crippen LogP contribution in [-0.2, 0) is 7.05 Å². The van der Waals surface area contributed by atoms with Crippen molar-refractivity contribution in [1.82, 2.24) is 20.4 Å². The minimum absolute atomic E-state index is 0.364. The van der Waals surface area contributed by atoms with E-state index >= 15 is 0 Å². The number of benzene rings is 1. The highest BCUT2D eigenvalue weighted by atomic mass is 79.9. The lowest BCUT2D eigenvalue weighted by molar-refractivity contribution is 0.354. The maximum Gasteiger partial charge on any atom is 0.179 e. The van der Waals surface area contributed by atoms with Crippen LogP contribution < -0.4 is 20.7 Å². The van der Waals surface area contributed by atoms with Crippen LogP contribution in [0.2, 0.25) is 5.02 Å². The third kappa shape index (κ3) is 2.98. The first-order valence-corrected chi connectivity index (χ1v) is 7.13. The van der Waals surface area contributed by atoms with Gasteiger partial charge in [0.05, 0.1) is 31.0 Å². The molecule has 0 spiro atoms. The fraction of sp³-hybridized carbons (Fsp3) is 0.333. The van der Waals surface area contributed by atoms with Crippen molar-refractivity contribution in [3.63, 3.8) is 0 Å². The van der Waals surface area contributed by atoms with E-state index in [2.05, 4.69) is 31.7 Å². The maximum atomic E-state index is 6.23. The Bertz CT molecular complexity index is 629. The van der Waals surface area contributed by atoms with Gasteiger partial charge in [0.1, 0.15) is 0 Å². The number of nitrogens with two attached hydrogens (primary N) is 1. The SMILES string of the molecule is COc1cc(C(NN)c2c(Br)nnn2C)cc(Cl)c1OC. The number of aryl methyl sites for hydroxylation is 1. The molecule has 2 rings (SSSR count). The van der Waals surface area contributed by atoms with Gasteiger partial charge in [-0.3, -0.25) is 5.84 Å². The Balaban J connectivity index is 2.56. The van der Waals surface area contributed by atoms with Crippen molar-refractivity contribution in [2.45, 2.75) is 6.04 Å². The molecule has 0 aliphatic heterocycles. The van der Waals surface area contributed by atoms with Crippen LogP contribution in [0.5, 0.6) is 11.5 Å². The van der Waals surface area contributed by atoms with Gasteiger partial charge in [0.2, 0.25) is 0 Å². The molecule has 1 aromatic carbocycles. The van der Waals surface area contributed by atoms with E-state index in [1.165, 1.54) is 7.11 Å². The highest BCUT2D eigenvalue weighted by Gasteiger charge is 2.23. The number of hydrogen-bond donors (Lipinski definition) is 2. The summed E-state index contributed by atoms with van der Waals surface area (Å²) in [6.45, 7) is 0. The molecule has 0 radical (unpaired) electrons. The van der Waals surface area contributed by atoms with Crippen molar-refractivity contribution < 1.29 is 9.47 Å². The number of hydrazine groups is 1. The molecular weight excluding hydrogens is 362 g/mol. The van der Waals surface area contributed by atoms with E-state index in [0.717, 1.165) is 11.3 Å². The smallest absolute Gasteiger partial charge is 0.179 e. The van der Waals surface area contributed by atoms with Crippen LogP contribution in [0.1, 0.15) is 17.3 Å². The van der Waals surface area contributed by atoms with Gasteiger partial charge in [-0.25, -0.2) is 10.1 Å². The average Bonchev–Trinajstić information content (AvgIpc) is 2.79. The van der Waals surface area contributed by atoms with Crippen LogP contribution in [-0.4, -0.2) is 29.2 Å². The second-order valence-electron chi connectivity index (χ2n) is 4.23. The van der Waals surface area contributed by atoms with Gasteiger partial charge in [0.15, 0.2) is 16.1 Å². The van der Waals surface area contributed by atoms with Gasteiger partial charge >= 0.3 is 0 Å². The van der Waals surface area contributed by atoms with Gasteiger partial charge in [-0.05, 0) is 33.6 Å². The molecule has 1 unspecified atom stereocenters. The Hall–Kier alpha value is -1.35. The fourth-order valence-corrected chi connectivity index (χ4v) is 2.94. The van der Waals surface area contributed by atoms with Crippen LogP contribution in [0.25, 0.3) is 0 Å². The predicted molar refractivity (Wildman–Crippen MR) is 82.4 cm³/mol. The van der Waals surface area contributed by atoms with Gasteiger partial charge in [-0.2, -0.15) is 0 Å². The largest absolute Gasteiger partial charge is 0.493 e. The lowest BCUT2D eigenvalue weighted by Gasteiger charge is -2.19. The number of ether oxygens (including phenoxy) is 2. The Kier molecular flexibility index (Phi) is 5.04. The Morgan fingerprint density at radius 3 is 2.57 bits per heavy atom. The number of aromatic nitrogens is 3. The van der Waals surface area contributed by atoms with Crippen molar-refractivity contribution in [3.05, 3.63) is 33.0 Å². The third-order valence-electron chi connectivity index (χ3n) is 3.06. The molecule has 2 aromatic rings. The molecule has 0 saturated heterocycles. The van der Waals surface area contributed by atoms with E-state index in [1.807, 2.05) is 0 Å². The zero-order chi connectivity index (χ0) is 15.6. The molecule has 0 aliphatic rings. The van der Waals surface area contributed by atoms with Gasteiger partial charge in [0, 0.05) is 7.05 Å². The zero-order valence-electron chi connectivity index (χ0n) is 11.7. The topological polar surface area (TPSA) is 87.2 Å². The van der Waals surface area contributed by atoms with Crippen LogP contribution in [0.15, 0.2) is 16.7 Å². The molecule has 0 aliphatic carbocycles. The molecule has 7 nitrogen and oxygen atoms in total. The summed E-state index contributed by atoms with van der Waals surface area (Å²) in [7, 11) is 4.86. The van der Waals surface area contributed by atoms with E-state index < -0.39 is 0 Å². The molecule has 114 valence electrons. The van der Waals surface area contributed by atoms with Crippen molar-refractivity contribution in [3.8, 4) is 11.5 Å². The Labute approximate surface area is 135 Å². The summed E-state index contributed by atoms with van der Waals surface area (Å²) in [6, 6.07) is 3.19. The first kappa shape index (κ1) is 16.0. The summed E-state index contributed by atoms with van der Waals surface area (Å²) in [5, 5.41) is 8.33. The molecule has 3 N–H and O–H groups in total. The molecule has 0 bridgehead atoms. The molecule has 9 heteroatoms. The second kappa shape index (κ2) is 6.61. The number of rotatable bonds is 5. The highest BCUT2D eigenvalue weighted by Crippen LogP contribution is 2.39. The van der Waals surface area contributed by atoms with E-state index in [9.17, 15) is 0 Å². The highest BCUT2D eigenvalue weighted by molar-refractivity contribution is 9.10. The van der Waals surface area contributed by atoms with E-state index in [4.69, 9.17) is 26.9 Å². The first-order valence-electron chi connectivity index (χ1n) is 5.96. The molecule has 0 fully saturated rings. The normalized spacial score (nSPS) is 12.3. The monoisotopic (exact) mass is 375 g/mol. The van der Waals surface area contributed by atoms with Gasteiger partial charge in [-0.1, -0.05) is 16.8 Å². The fourth-order valence-electron chi connectivity index (χ4n) is 2.08. The van der Waals surface area contributed by atoms with E-state index in [0.29, 0.717) is 21.1 Å². The molecule has 1 aromatic heterocycles. The van der Waals surface area contributed by atoms with Crippen LogP contribution in [0.3, 0.4) is 0 Å². The summed E-state index contributed by atoms with van der Waals surface area (Å²) < 4.78 is 12.7. The van der Waals surface area contributed by atoms with Crippen LogP contribution in [0, 0.1) is 0 Å². The van der Waals surface area contributed by atoms with E-state index in [-0.39, 0.29) is 6.04 Å². The second-order valence-corrected chi connectivity index (χ2v) is 5.39. The average molecular weight is 377 g/mol. The minimum atomic E-state index is -0.364. The molecule has 1 heterocycles. The zero-order valence-corrected chi connectivity index (χ0v) is 14.1. The third-order valence-corrected chi connectivity index (χ3v) is 3.90. The minimum Gasteiger partial charge on any atom is -0.493 e. The van der Waals surface area contributed by atoms with Gasteiger partial charge in [0.25, 0.3) is 0 Å². The number of halogens is 2. The summed E-state index contributed by atoms with van der Waals surface area (Å²) in [6.07, 6.45) is 0. The molecule has 0 amide bonds.